The average molecular weight is 277 g/mol. The summed E-state index contributed by atoms with van der Waals surface area (Å²) in [6, 6.07) is 11.6. The molecule has 0 amide bonds. The number of nitrogens with two attached hydrogens (primary N) is 2. The van der Waals surface area contributed by atoms with Crippen LogP contribution in [0.5, 0.6) is 5.75 Å². The van der Waals surface area contributed by atoms with E-state index in [1.807, 2.05) is 24.3 Å². The molecule has 2 rings (SSSR count). The molecule has 0 fully saturated rings. The van der Waals surface area contributed by atoms with Crippen LogP contribution in [-0.2, 0) is 6.42 Å². The number of halogens is 1. The monoisotopic (exact) mass is 276 g/mol. The highest BCUT2D eigenvalue weighted by Gasteiger charge is 2.08. The number of rotatable bonds is 4. The van der Waals surface area contributed by atoms with Gasteiger partial charge in [-0.15, -0.1) is 0 Å². The van der Waals surface area contributed by atoms with E-state index in [-0.39, 0.29) is 0 Å². The van der Waals surface area contributed by atoms with E-state index in [9.17, 15) is 0 Å². The summed E-state index contributed by atoms with van der Waals surface area (Å²) in [6.07, 6.45) is 0.833. The van der Waals surface area contributed by atoms with E-state index < -0.39 is 0 Å². The fraction of sp³-hybridized carbons (Fsp3) is 0.200. The third-order valence-corrected chi connectivity index (χ3v) is 3.35. The third-order valence-electron chi connectivity index (χ3n) is 3.00. The van der Waals surface area contributed by atoms with Crippen LogP contribution in [0.25, 0.3) is 11.1 Å². The number of ether oxygens (including phenoxy) is 1. The maximum Gasteiger partial charge on any atom is 0.126 e. The smallest absolute Gasteiger partial charge is 0.126 e. The number of anilines is 1. The van der Waals surface area contributed by atoms with Crippen molar-refractivity contribution in [3.8, 4) is 16.9 Å². The van der Waals surface area contributed by atoms with Crippen LogP contribution in [0.2, 0.25) is 5.02 Å². The highest BCUT2D eigenvalue weighted by Crippen LogP contribution is 2.33. The zero-order chi connectivity index (χ0) is 13.8. The first-order valence-corrected chi connectivity index (χ1v) is 6.46. The van der Waals surface area contributed by atoms with Crippen molar-refractivity contribution in [2.75, 3.05) is 19.4 Å². The van der Waals surface area contributed by atoms with Crippen LogP contribution in [-0.4, -0.2) is 13.7 Å². The van der Waals surface area contributed by atoms with E-state index in [0.717, 1.165) is 23.3 Å². The second-order valence-corrected chi connectivity index (χ2v) is 4.72. The summed E-state index contributed by atoms with van der Waals surface area (Å²) < 4.78 is 5.40. The Morgan fingerprint density at radius 1 is 1.16 bits per heavy atom. The minimum atomic E-state index is 0.556. The van der Waals surface area contributed by atoms with Gasteiger partial charge < -0.3 is 16.2 Å². The fourth-order valence-corrected chi connectivity index (χ4v) is 2.13. The molecular weight excluding hydrogens is 260 g/mol. The number of methoxy groups -OCH3 is 1. The van der Waals surface area contributed by atoms with Crippen molar-refractivity contribution in [1.29, 1.82) is 0 Å². The van der Waals surface area contributed by atoms with Crippen molar-refractivity contribution in [1.82, 2.24) is 0 Å². The molecule has 0 aliphatic rings. The van der Waals surface area contributed by atoms with E-state index in [1.165, 1.54) is 5.56 Å². The van der Waals surface area contributed by atoms with Gasteiger partial charge >= 0.3 is 0 Å². The van der Waals surface area contributed by atoms with Crippen molar-refractivity contribution >= 4 is 17.3 Å². The van der Waals surface area contributed by atoms with Gasteiger partial charge in [-0.05, 0) is 48.4 Å². The molecule has 100 valence electrons. The maximum absolute atomic E-state index is 5.95. The highest BCUT2D eigenvalue weighted by atomic mass is 35.5. The first kappa shape index (κ1) is 13.7. The van der Waals surface area contributed by atoms with Crippen molar-refractivity contribution in [2.24, 2.45) is 5.73 Å². The van der Waals surface area contributed by atoms with Crippen LogP contribution in [0.4, 0.5) is 5.69 Å². The Hall–Kier alpha value is -1.71. The Morgan fingerprint density at radius 3 is 2.58 bits per heavy atom. The van der Waals surface area contributed by atoms with Gasteiger partial charge in [0.1, 0.15) is 5.75 Å². The van der Waals surface area contributed by atoms with Crippen molar-refractivity contribution in [3.63, 3.8) is 0 Å². The van der Waals surface area contributed by atoms with Gasteiger partial charge in [0.05, 0.1) is 17.8 Å². The Bertz CT molecular complexity index is 584. The summed E-state index contributed by atoms with van der Waals surface area (Å²) >= 11 is 5.95. The van der Waals surface area contributed by atoms with Crippen LogP contribution in [0, 0.1) is 0 Å². The zero-order valence-electron chi connectivity index (χ0n) is 10.8. The lowest BCUT2D eigenvalue weighted by molar-refractivity contribution is 0.416. The quantitative estimate of drug-likeness (QED) is 0.844. The molecule has 0 heterocycles. The minimum absolute atomic E-state index is 0.556. The normalized spacial score (nSPS) is 10.5. The van der Waals surface area contributed by atoms with Crippen LogP contribution in [0.3, 0.4) is 0 Å². The predicted octanol–water partition coefficient (Wildman–Crippen LogP) is 3.10. The maximum atomic E-state index is 5.95. The van der Waals surface area contributed by atoms with E-state index in [1.54, 1.807) is 13.2 Å². The first-order chi connectivity index (χ1) is 9.15. The summed E-state index contributed by atoms with van der Waals surface area (Å²) in [5.74, 6) is 0.808. The summed E-state index contributed by atoms with van der Waals surface area (Å²) in [5, 5.41) is 0.556. The van der Waals surface area contributed by atoms with E-state index >= 15 is 0 Å². The van der Waals surface area contributed by atoms with Crippen molar-refractivity contribution in [3.05, 3.63) is 47.0 Å². The number of hydrogen-bond donors (Lipinski definition) is 2. The molecule has 4 heteroatoms. The molecule has 0 atom stereocenters. The Balaban J connectivity index is 2.51. The fourth-order valence-electron chi connectivity index (χ4n) is 2.01. The van der Waals surface area contributed by atoms with Gasteiger partial charge in [-0.2, -0.15) is 0 Å². The first-order valence-electron chi connectivity index (χ1n) is 6.08. The molecule has 0 unspecified atom stereocenters. The molecule has 0 aliphatic heterocycles. The van der Waals surface area contributed by atoms with Crippen LogP contribution in [0.15, 0.2) is 36.4 Å². The summed E-state index contributed by atoms with van der Waals surface area (Å²) in [6.45, 7) is 0.620. The molecule has 0 bridgehead atoms. The minimum Gasteiger partial charge on any atom is -0.496 e. The molecule has 0 radical (unpaired) electrons. The van der Waals surface area contributed by atoms with Gasteiger partial charge in [-0.25, -0.2) is 0 Å². The SMILES string of the molecule is COc1ccc(CCN)cc1-c1ccc(Cl)c(N)c1. The summed E-state index contributed by atoms with van der Waals surface area (Å²) in [5.41, 5.74) is 15.2. The predicted molar refractivity (Wildman–Crippen MR) is 80.6 cm³/mol. The van der Waals surface area contributed by atoms with Gasteiger partial charge in [0.15, 0.2) is 0 Å². The lowest BCUT2D eigenvalue weighted by atomic mass is 10.00. The molecule has 2 aromatic rings. The van der Waals surface area contributed by atoms with Gasteiger partial charge in [-0.3, -0.25) is 0 Å². The van der Waals surface area contributed by atoms with E-state index in [4.69, 9.17) is 27.8 Å². The standard InChI is InChI=1S/C15H17ClN2O/c1-19-15-5-2-10(6-7-17)8-12(15)11-3-4-13(16)14(18)9-11/h2-5,8-9H,6-7,17-18H2,1H3. The molecule has 19 heavy (non-hydrogen) atoms. The average Bonchev–Trinajstić information content (AvgIpc) is 2.42. The Labute approximate surface area is 118 Å². The molecule has 0 saturated heterocycles. The molecule has 2 aromatic carbocycles. The van der Waals surface area contributed by atoms with E-state index in [0.29, 0.717) is 17.3 Å². The second-order valence-electron chi connectivity index (χ2n) is 4.31. The molecule has 0 spiro atoms. The number of hydrogen-bond acceptors (Lipinski definition) is 3. The Morgan fingerprint density at radius 2 is 1.95 bits per heavy atom. The molecule has 0 aromatic heterocycles. The van der Waals surface area contributed by atoms with Gasteiger partial charge in [0.25, 0.3) is 0 Å². The second kappa shape index (κ2) is 5.95. The molecule has 0 aliphatic carbocycles. The lowest BCUT2D eigenvalue weighted by Crippen LogP contribution is -2.03. The molecule has 3 nitrogen and oxygen atoms in total. The van der Waals surface area contributed by atoms with Crippen LogP contribution < -0.4 is 16.2 Å². The molecular formula is C15H17ClN2O. The van der Waals surface area contributed by atoms with Crippen molar-refractivity contribution < 1.29 is 4.74 Å². The van der Waals surface area contributed by atoms with Crippen LogP contribution in [0.1, 0.15) is 5.56 Å². The summed E-state index contributed by atoms with van der Waals surface area (Å²) in [4.78, 5) is 0. The zero-order valence-corrected chi connectivity index (χ0v) is 11.6. The van der Waals surface area contributed by atoms with Crippen molar-refractivity contribution in [2.45, 2.75) is 6.42 Å². The highest BCUT2D eigenvalue weighted by molar-refractivity contribution is 6.33. The number of nitrogen functional groups attached to an aromatic ring is 1. The third kappa shape index (κ3) is 3.00. The summed E-state index contributed by atoms with van der Waals surface area (Å²) in [7, 11) is 1.65. The topological polar surface area (TPSA) is 61.3 Å². The Kier molecular flexibility index (Phi) is 4.30. The molecule has 4 N–H and O–H groups in total. The lowest BCUT2D eigenvalue weighted by Gasteiger charge is -2.12. The van der Waals surface area contributed by atoms with Crippen LogP contribution >= 0.6 is 11.6 Å². The van der Waals surface area contributed by atoms with Gasteiger partial charge in [-0.1, -0.05) is 23.7 Å². The number of benzene rings is 2. The van der Waals surface area contributed by atoms with E-state index in [2.05, 4.69) is 6.07 Å². The van der Waals surface area contributed by atoms with Gasteiger partial charge in [0, 0.05) is 5.56 Å². The largest absolute Gasteiger partial charge is 0.496 e. The van der Waals surface area contributed by atoms with Gasteiger partial charge in [0.2, 0.25) is 0 Å². The molecule has 0 saturated carbocycles.